The van der Waals surface area contributed by atoms with Crippen molar-refractivity contribution in [2.45, 2.75) is 46.7 Å². The molecule has 0 saturated carbocycles. The van der Waals surface area contributed by atoms with Crippen LogP contribution < -0.4 is 5.32 Å². The van der Waals surface area contributed by atoms with Crippen molar-refractivity contribution in [2.75, 3.05) is 6.54 Å². The second kappa shape index (κ2) is 6.65. The molecule has 1 N–H and O–H groups in total. The van der Waals surface area contributed by atoms with Crippen molar-refractivity contribution in [2.24, 2.45) is 7.05 Å². The highest BCUT2D eigenvalue weighted by Crippen LogP contribution is 2.17. The summed E-state index contributed by atoms with van der Waals surface area (Å²) >= 11 is 0. The van der Waals surface area contributed by atoms with Gasteiger partial charge in [-0.25, -0.2) is 0 Å². The summed E-state index contributed by atoms with van der Waals surface area (Å²) in [5, 5.41) is 16.3. The largest absolute Gasteiger partial charge is 0.313 e. The van der Waals surface area contributed by atoms with Crippen molar-refractivity contribution in [1.82, 2.24) is 30.1 Å². The average molecular weight is 276 g/mol. The third-order valence-corrected chi connectivity index (χ3v) is 3.43. The van der Waals surface area contributed by atoms with Crippen LogP contribution in [-0.2, 0) is 33.0 Å². The molecule has 0 saturated heterocycles. The fraction of sp³-hybridized carbons (Fsp3) is 0.643. The van der Waals surface area contributed by atoms with Crippen molar-refractivity contribution >= 4 is 0 Å². The molecule has 2 heterocycles. The minimum atomic E-state index is 0.691. The third kappa shape index (κ3) is 3.07. The van der Waals surface area contributed by atoms with E-state index in [1.807, 2.05) is 13.2 Å². The highest BCUT2D eigenvalue weighted by atomic mass is 15.4. The van der Waals surface area contributed by atoms with Crippen LogP contribution in [-0.4, -0.2) is 31.3 Å². The smallest absolute Gasteiger partial charge is 0.104 e. The van der Waals surface area contributed by atoms with Gasteiger partial charge in [-0.05, 0) is 19.4 Å². The molecule has 6 heteroatoms. The number of rotatable bonds is 7. The van der Waals surface area contributed by atoms with E-state index in [0.717, 1.165) is 31.6 Å². The normalized spacial score (nSPS) is 11.2. The van der Waals surface area contributed by atoms with Crippen LogP contribution >= 0.6 is 0 Å². The lowest BCUT2D eigenvalue weighted by atomic mass is 10.1. The minimum Gasteiger partial charge on any atom is -0.313 e. The van der Waals surface area contributed by atoms with E-state index in [4.69, 9.17) is 5.10 Å². The molecule has 0 unspecified atom stereocenters. The molecule has 0 fully saturated rings. The zero-order chi connectivity index (χ0) is 14.5. The summed E-state index contributed by atoms with van der Waals surface area (Å²) in [6.45, 7) is 9.02. The maximum atomic E-state index is 4.76. The highest BCUT2D eigenvalue weighted by Gasteiger charge is 2.15. The summed E-state index contributed by atoms with van der Waals surface area (Å²) in [6, 6.07) is 0. The fourth-order valence-electron chi connectivity index (χ4n) is 2.47. The molecule has 0 aliphatic heterocycles. The van der Waals surface area contributed by atoms with Crippen LogP contribution in [0.1, 0.15) is 43.4 Å². The van der Waals surface area contributed by atoms with E-state index in [9.17, 15) is 0 Å². The van der Waals surface area contributed by atoms with Gasteiger partial charge in [0.25, 0.3) is 0 Å². The highest BCUT2D eigenvalue weighted by molar-refractivity contribution is 5.27. The van der Waals surface area contributed by atoms with Gasteiger partial charge >= 0.3 is 0 Å². The Bertz CT molecular complexity index is 554. The van der Waals surface area contributed by atoms with Gasteiger partial charge in [0.1, 0.15) is 5.69 Å². The standard InChI is InChI=1S/C14H24N6/c1-5-13-12(8-15-7-3)14(6-2)20(17-13)10-11-9-19(4)18-16-11/h9,15H,5-8,10H2,1-4H3. The monoisotopic (exact) mass is 276 g/mol. The van der Waals surface area contributed by atoms with E-state index in [-0.39, 0.29) is 0 Å². The molecule has 2 rings (SSSR count). The van der Waals surface area contributed by atoms with Crippen LogP contribution in [0.5, 0.6) is 0 Å². The molecule has 0 aromatic carbocycles. The number of hydrogen-bond acceptors (Lipinski definition) is 4. The summed E-state index contributed by atoms with van der Waals surface area (Å²) in [5.74, 6) is 0. The third-order valence-electron chi connectivity index (χ3n) is 3.43. The Kier molecular flexibility index (Phi) is 4.89. The van der Waals surface area contributed by atoms with Crippen LogP contribution in [0.25, 0.3) is 0 Å². The van der Waals surface area contributed by atoms with E-state index in [2.05, 4.69) is 41.1 Å². The van der Waals surface area contributed by atoms with E-state index in [1.165, 1.54) is 17.0 Å². The molecular weight excluding hydrogens is 252 g/mol. The lowest BCUT2D eigenvalue weighted by molar-refractivity contribution is 0.624. The molecule has 6 nitrogen and oxygen atoms in total. The van der Waals surface area contributed by atoms with Crippen LogP contribution in [0.2, 0.25) is 0 Å². The molecule has 0 atom stereocenters. The molecule has 110 valence electrons. The van der Waals surface area contributed by atoms with Gasteiger partial charge in [0.05, 0.1) is 12.2 Å². The number of aromatic nitrogens is 5. The molecule has 0 amide bonds. The maximum Gasteiger partial charge on any atom is 0.104 e. The van der Waals surface area contributed by atoms with Crippen LogP contribution in [0.4, 0.5) is 0 Å². The summed E-state index contributed by atoms with van der Waals surface area (Å²) < 4.78 is 3.81. The first kappa shape index (κ1) is 14.7. The summed E-state index contributed by atoms with van der Waals surface area (Å²) in [6.07, 6.45) is 3.88. The van der Waals surface area contributed by atoms with Crippen molar-refractivity contribution in [3.8, 4) is 0 Å². The lowest BCUT2D eigenvalue weighted by Gasteiger charge is -2.07. The van der Waals surface area contributed by atoms with Gasteiger partial charge in [0, 0.05) is 31.0 Å². The number of nitrogens with zero attached hydrogens (tertiary/aromatic N) is 5. The molecule has 0 spiro atoms. The molecule has 0 aliphatic rings. The quantitative estimate of drug-likeness (QED) is 0.828. The Labute approximate surface area is 120 Å². The van der Waals surface area contributed by atoms with Gasteiger partial charge in [-0.15, -0.1) is 5.10 Å². The first-order chi connectivity index (χ1) is 9.69. The summed E-state index contributed by atoms with van der Waals surface area (Å²) in [5.41, 5.74) is 4.78. The lowest BCUT2D eigenvalue weighted by Crippen LogP contribution is -2.14. The molecule has 2 aromatic heterocycles. The van der Waals surface area contributed by atoms with Gasteiger partial charge in [0.2, 0.25) is 0 Å². The maximum absolute atomic E-state index is 4.76. The predicted octanol–water partition coefficient (Wildman–Crippen LogP) is 1.29. The first-order valence-electron chi connectivity index (χ1n) is 7.32. The molecule has 2 aromatic rings. The van der Waals surface area contributed by atoms with Gasteiger partial charge < -0.3 is 5.32 Å². The van der Waals surface area contributed by atoms with E-state index in [1.54, 1.807) is 4.68 Å². The van der Waals surface area contributed by atoms with Gasteiger partial charge in [0.15, 0.2) is 0 Å². The Morgan fingerprint density at radius 1 is 1.20 bits per heavy atom. The van der Waals surface area contributed by atoms with Gasteiger partial charge in [-0.3, -0.25) is 9.36 Å². The van der Waals surface area contributed by atoms with Crippen LogP contribution in [0, 0.1) is 0 Å². The summed E-state index contributed by atoms with van der Waals surface area (Å²) in [7, 11) is 1.88. The predicted molar refractivity (Wildman–Crippen MR) is 78.5 cm³/mol. The average Bonchev–Trinajstić information content (AvgIpc) is 3.00. The fourth-order valence-corrected chi connectivity index (χ4v) is 2.47. The van der Waals surface area contributed by atoms with Crippen LogP contribution in [0.3, 0.4) is 0 Å². The molecular formula is C14H24N6. The topological polar surface area (TPSA) is 60.6 Å². The molecule has 0 aliphatic carbocycles. The molecule has 0 bridgehead atoms. The van der Waals surface area contributed by atoms with Crippen LogP contribution in [0.15, 0.2) is 6.20 Å². The Balaban J connectivity index is 2.29. The Hall–Kier alpha value is -1.69. The van der Waals surface area contributed by atoms with E-state index < -0.39 is 0 Å². The zero-order valence-corrected chi connectivity index (χ0v) is 12.8. The second-order valence-corrected chi connectivity index (χ2v) is 4.90. The van der Waals surface area contributed by atoms with Crippen molar-refractivity contribution in [1.29, 1.82) is 0 Å². The van der Waals surface area contributed by atoms with Gasteiger partial charge in [-0.2, -0.15) is 5.10 Å². The Morgan fingerprint density at radius 2 is 2.00 bits per heavy atom. The van der Waals surface area contributed by atoms with E-state index >= 15 is 0 Å². The van der Waals surface area contributed by atoms with E-state index in [0.29, 0.717) is 6.54 Å². The second-order valence-electron chi connectivity index (χ2n) is 4.90. The minimum absolute atomic E-state index is 0.691. The van der Waals surface area contributed by atoms with Crippen molar-refractivity contribution in [3.63, 3.8) is 0 Å². The summed E-state index contributed by atoms with van der Waals surface area (Å²) in [4.78, 5) is 0. The molecule has 0 radical (unpaired) electrons. The molecule has 20 heavy (non-hydrogen) atoms. The van der Waals surface area contributed by atoms with Crippen molar-refractivity contribution < 1.29 is 0 Å². The van der Waals surface area contributed by atoms with Crippen molar-refractivity contribution in [3.05, 3.63) is 28.8 Å². The zero-order valence-electron chi connectivity index (χ0n) is 12.8. The number of nitrogens with one attached hydrogen (secondary N) is 1. The first-order valence-corrected chi connectivity index (χ1v) is 7.32. The number of aryl methyl sites for hydroxylation is 2. The SMILES string of the molecule is CCNCc1c(CC)nn(Cc2cn(C)nn2)c1CC. The Morgan fingerprint density at radius 3 is 2.55 bits per heavy atom. The number of hydrogen-bond donors (Lipinski definition) is 1. The van der Waals surface area contributed by atoms with Gasteiger partial charge in [-0.1, -0.05) is 26.0 Å².